The Morgan fingerprint density at radius 1 is 1.35 bits per heavy atom. The normalized spacial score (nSPS) is 15.5. The van der Waals surface area contributed by atoms with Crippen molar-refractivity contribution >= 4 is 11.6 Å². The monoisotopic (exact) mass is 272 g/mol. The lowest BCUT2D eigenvalue weighted by Crippen LogP contribution is -2.47. The van der Waals surface area contributed by atoms with Gasteiger partial charge in [0.25, 0.3) is 0 Å². The number of alkyl halides is 3. The molecule has 0 aliphatic carbocycles. The molecule has 0 fully saturated rings. The van der Waals surface area contributed by atoms with Crippen LogP contribution >= 0.6 is 11.6 Å². The van der Waals surface area contributed by atoms with E-state index in [0.717, 1.165) is 18.2 Å². The number of halogens is 5. The molecule has 0 saturated heterocycles. The van der Waals surface area contributed by atoms with Crippen molar-refractivity contribution in [2.75, 3.05) is 6.61 Å². The first-order valence-electron chi connectivity index (χ1n) is 4.50. The van der Waals surface area contributed by atoms with Gasteiger partial charge < -0.3 is 9.84 Å². The first kappa shape index (κ1) is 14.1. The molecule has 96 valence electrons. The third-order valence-electron chi connectivity index (χ3n) is 2.02. The van der Waals surface area contributed by atoms with Crippen molar-refractivity contribution in [3.05, 3.63) is 29.0 Å². The van der Waals surface area contributed by atoms with Crippen LogP contribution < -0.4 is 4.74 Å². The van der Waals surface area contributed by atoms with Gasteiger partial charge in [-0.05, 0) is 19.1 Å². The number of aliphatic hydroxyl groups is 1. The quantitative estimate of drug-likeness (QED) is 0.857. The zero-order valence-electron chi connectivity index (χ0n) is 8.68. The Morgan fingerprint density at radius 2 is 1.94 bits per heavy atom. The van der Waals surface area contributed by atoms with Crippen LogP contribution in [0.5, 0.6) is 5.75 Å². The van der Waals surface area contributed by atoms with Gasteiger partial charge in [0.2, 0.25) is 0 Å². The minimum absolute atomic E-state index is 0.0547. The van der Waals surface area contributed by atoms with Crippen LogP contribution in [-0.2, 0) is 0 Å². The van der Waals surface area contributed by atoms with Crippen molar-refractivity contribution in [1.29, 1.82) is 0 Å². The molecule has 1 atom stereocenters. The maximum atomic E-state index is 12.7. The molecular weight excluding hydrogens is 264 g/mol. The molecule has 0 aliphatic rings. The summed E-state index contributed by atoms with van der Waals surface area (Å²) < 4.78 is 54.2. The Bertz CT molecular complexity index is 404. The predicted octanol–water partition coefficient (Wildman–Crippen LogP) is 3.17. The van der Waals surface area contributed by atoms with E-state index >= 15 is 0 Å². The number of hydrogen-bond acceptors (Lipinski definition) is 2. The van der Waals surface area contributed by atoms with Gasteiger partial charge in [-0.1, -0.05) is 11.6 Å². The smallest absolute Gasteiger partial charge is 0.420 e. The van der Waals surface area contributed by atoms with Gasteiger partial charge in [0.1, 0.15) is 18.2 Å². The molecule has 2 nitrogen and oxygen atoms in total. The molecule has 17 heavy (non-hydrogen) atoms. The minimum atomic E-state index is -4.81. The molecule has 0 radical (unpaired) electrons. The van der Waals surface area contributed by atoms with Gasteiger partial charge in [-0.15, -0.1) is 0 Å². The van der Waals surface area contributed by atoms with Crippen LogP contribution in [0, 0.1) is 5.82 Å². The van der Waals surface area contributed by atoms with Gasteiger partial charge >= 0.3 is 6.18 Å². The van der Waals surface area contributed by atoms with Crippen LogP contribution in [0.4, 0.5) is 17.6 Å². The lowest BCUT2D eigenvalue weighted by atomic mass is 10.1. The molecule has 0 aliphatic heterocycles. The van der Waals surface area contributed by atoms with E-state index in [1.165, 1.54) is 0 Å². The first-order chi connectivity index (χ1) is 7.63. The van der Waals surface area contributed by atoms with Crippen LogP contribution in [0.3, 0.4) is 0 Å². The highest BCUT2D eigenvalue weighted by Crippen LogP contribution is 2.31. The molecule has 7 heteroatoms. The summed E-state index contributed by atoms with van der Waals surface area (Å²) in [4.78, 5) is 0. The Kier molecular flexibility index (Phi) is 3.88. The maximum Gasteiger partial charge on any atom is 0.420 e. The highest BCUT2D eigenvalue weighted by Gasteiger charge is 2.50. The fraction of sp³-hybridized carbons (Fsp3) is 0.400. The second-order valence-corrected chi connectivity index (χ2v) is 4.04. The average Bonchev–Trinajstić information content (AvgIpc) is 2.18. The third kappa shape index (κ3) is 3.47. The summed E-state index contributed by atoms with van der Waals surface area (Å²) in [5.41, 5.74) is -2.98. The van der Waals surface area contributed by atoms with E-state index in [1.54, 1.807) is 0 Å². The van der Waals surface area contributed by atoms with Crippen molar-refractivity contribution < 1.29 is 27.4 Å². The van der Waals surface area contributed by atoms with Gasteiger partial charge in [-0.25, -0.2) is 4.39 Å². The van der Waals surface area contributed by atoms with Crippen molar-refractivity contribution in [3.8, 4) is 5.75 Å². The van der Waals surface area contributed by atoms with Crippen molar-refractivity contribution in [1.82, 2.24) is 0 Å². The van der Waals surface area contributed by atoms with Crippen LogP contribution in [0.15, 0.2) is 18.2 Å². The number of ether oxygens (including phenoxy) is 1. The van der Waals surface area contributed by atoms with E-state index in [4.69, 9.17) is 21.4 Å². The Balaban J connectivity index is 2.71. The van der Waals surface area contributed by atoms with Crippen LogP contribution in [0.2, 0.25) is 5.02 Å². The molecule has 1 rings (SSSR count). The lowest BCUT2D eigenvalue weighted by Gasteiger charge is -2.26. The van der Waals surface area contributed by atoms with Crippen LogP contribution in [0.25, 0.3) is 0 Å². The predicted molar refractivity (Wildman–Crippen MR) is 53.6 cm³/mol. The summed E-state index contributed by atoms with van der Waals surface area (Å²) in [5, 5.41) is 8.81. The Hall–Kier alpha value is -1.01. The molecule has 0 aromatic heterocycles. The highest BCUT2D eigenvalue weighted by molar-refractivity contribution is 6.30. The molecule has 1 aromatic rings. The second-order valence-electron chi connectivity index (χ2n) is 3.64. The zero-order chi connectivity index (χ0) is 13.3. The van der Waals surface area contributed by atoms with Gasteiger partial charge in [-0.3, -0.25) is 0 Å². The van der Waals surface area contributed by atoms with E-state index in [0.29, 0.717) is 6.92 Å². The van der Waals surface area contributed by atoms with Crippen molar-refractivity contribution in [3.63, 3.8) is 0 Å². The molecule has 1 unspecified atom stereocenters. The average molecular weight is 273 g/mol. The fourth-order valence-electron chi connectivity index (χ4n) is 0.872. The zero-order valence-corrected chi connectivity index (χ0v) is 9.44. The molecule has 1 aromatic carbocycles. The second kappa shape index (κ2) is 4.70. The van der Waals surface area contributed by atoms with Crippen molar-refractivity contribution in [2.45, 2.75) is 18.7 Å². The summed E-state index contributed by atoms with van der Waals surface area (Å²) in [6, 6.07) is 3.11. The molecule has 0 amide bonds. The molecule has 1 N–H and O–H groups in total. The van der Waals surface area contributed by atoms with Gasteiger partial charge in [0.05, 0.1) is 5.02 Å². The topological polar surface area (TPSA) is 29.5 Å². The Morgan fingerprint density at radius 3 is 2.41 bits per heavy atom. The number of rotatable bonds is 3. The van der Waals surface area contributed by atoms with E-state index in [1.807, 2.05) is 0 Å². The molecular formula is C10H9ClF4O2. The molecule has 0 heterocycles. The van der Waals surface area contributed by atoms with Crippen molar-refractivity contribution in [2.24, 2.45) is 0 Å². The summed E-state index contributed by atoms with van der Waals surface area (Å²) in [6.45, 7) is -0.420. The molecule has 0 saturated carbocycles. The first-order valence-corrected chi connectivity index (χ1v) is 4.88. The standard InChI is InChI=1S/C10H9ClF4O2/c1-9(16,10(13,14)15)5-17-6-2-3-8(12)7(11)4-6/h2-4,16H,5H2,1H3. The Labute approximate surface area is 99.8 Å². The fourth-order valence-corrected chi connectivity index (χ4v) is 1.04. The van der Waals surface area contributed by atoms with Gasteiger partial charge in [0.15, 0.2) is 5.60 Å². The van der Waals surface area contributed by atoms with Gasteiger partial charge in [-0.2, -0.15) is 13.2 Å². The van der Waals surface area contributed by atoms with E-state index in [-0.39, 0.29) is 10.8 Å². The highest BCUT2D eigenvalue weighted by atomic mass is 35.5. The molecule has 0 spiro atoms. The number of hydrogen-bond donors (Lipinski definition) is 1. The minimum Gasteiger partial charge on any atom is -0.490 e. The van der Waals surface area contributed by atoms with Crippen LogP contribution in [0.1, 0.15) is 6.92 Å². The maximum absolute atomic E-state index is 12.7. The van der Waals surface area contributed by atoms with Gasteiger partial charge in [0, 0.05) is 6.07 Å². The van der Waals surface area contributed by atoms with E-state index in [9.17, 15) is 17.6 Å². The summed E-state index contributed by atoms with van der Waals surface area (Å²) >= 11 is 5.41. The largest absolute Gasteiger partial charge is 0.490 e. The molecule has 0 bridgehead atoms. The summed E-state index contributed by atoms with van der Waals surface area (Å²) in [7, 11) is 0. The van der Waals surface area contributed by atoms with Crippen LogP contribution in [-0.4, -0.2) is 23.5 Å². The van der Waals surface area contributed by atoms with E-state index < -0.39 is 24.2 Å². The summed E-state index contributed by atoms with van der Waals surface area (Å²) in [5.74, 6) is -0.762. The SMILES string of the molecule is CC(O)(COc1ccc(F)c(Cl)c1)C(F)(F)F. The lowest BCUT2D eigenvalue weighted by molar-refractivity contribution is -0.260. The summed E-state index contributed by atoms with van der Waals surface area (Å²) in [6.07, 6.45) is -4.81. The number of benzene rings is 1. The third-order valence-corrected chi connectivity index (χ3v) is 2.31. The van der Waals surface area contributed by atoms with E-state index in [2.05, 4.69) is 0 Å².